The maximum absolute atomic E-state index is 13.1. The van der Waals surface area contributed by atoms with Crippen molar-refractivity contribution >= 4 is 11.6 Å². The summed E-state index contributed by atoms with van der Waals surface area (Å²) in [5.41, 5.74) is 1.79. The largest absolute Gasteiger partial charge is 0.383 e. The number of carbonyl (C=O) groups is 1. The van der Waals surface area contributed by atoms with Crippen LogP contribution >= 0.6 is 0 Å². The van der Waals surface area contributed by atoms with Crippen LogP contribution in [-0.2, 0) is 4.79 Å². The maximum Gasteiger partial charge on any atom is 0.256 e. The van der Waals surface area contributed by atoms with Gasteiger partial charge in [0, 0.05) is 12.1 Å². The van der Waals surface area contributed by atoms with Crippen LogP contribution in [-0.4, -0.2) is 17.1 Å². The smallest absolute Gasteiger partial charge is 0.256 e. The van der Waals surface area contributed by atoms with Crippen LogP contribution in [0.4, 0.5) is 10.1 Å². The highest BCUT2D eigenvalue weighted by atomic mass is 19.1. The van der Waals surface area contributed by atoms with Crippen LogP contribution in [0.15, 0.2) is 48.5 Å². The summed E-state index contributed by atoms with van der Waals surface area (Å²) in [6.07, 6.45) is -0.855. The van der Waals surface area contributed by atoms with E-state index in [9.17, 15) is 14.3 Å². The van der Waals surface area contributed by atoms with E-state index in [-0.39, 0.29) is 18.3 Å². The summed E-state index contributed by atoms with van der Waals surface area (Å²) >= 11 is 0. The number of hydrogen-bond donors (Lipinski definition) is 1. The molecule has 1 aliphatic heterocycles. The number of nitrogens with zero attached hydrogens (tertiary/aromatic N) is 2. The molecule has 2 unspecified atom stereocenters. The predicted octanol–water partition coefficient (Wildman–Crippen LogP) is 2.54. The summed E-state index contributed by atoms with van der Waals surface area (Å²) in [7, 11) is 0. The third-order valence-corrected chi connectivity index (χ3v) is 3.79. The average molecular weight is 296 g/mol. The van der Waals surface area contributed by atoms with E-state index in [0.717, 1.165) is 5.56 Å². The highest BCUT2D eigenvalue weighted by molar-refractivity contribution is 5.99. The van der Waals surface area contributed by atoms with Crippen molar-refractivity contribution in [3.63, 3.8) is 0 Å². The van der Waals surface area contributed by atoms with Crippen molar-refractivity contribution in [1.82, 2.24) is 0 Å². The molecule has 2 aromatic carbocycles. The highest BCUT2D eigenvalue weighted by Gasteiger charge is 2.40. The Morgan fingerprint density at radius 3 is 2.64 bits per heavy atom. The summed E-state index contributed by atoms with van der Waals surface area (Å²) in [4.78, 5) is 13.7. The molecule has 22 heavy (non-hydrogen) atoms. The fraction of sp³-hybridized carbons (Fsp3) is 0.176. The molecule has 1 aliphatic rings. The molecule has 0 saturated carbocycles. The molecule has 2 atom stereocenters. The molecule has 0 aromatic heterocycles. The molecule has 1 heterocycles. The highest BCUT2D eigenvalue weighted by Crippen LogP contribution is 2.37. The van der Waals surface area contributed by atoms with Crippen LogP contribution in [0.3, 0.4) is 0 Å². The lowest BCUT2D eigenvalue weighted by Crippen LogP contribution is -2.30. The lowest BCUT2D eigenvalue weighted by atomic mass is 10.0. The zero-order valence-electron chi connectivity index (χ0n) is 11.6. The number of rotatable bonds is 2. The monoisotopic (exact) mass is 296 g/mol. The van der Waals surface area contributed by atoms with Gasteiger partial charge < -0.3 is 10.0 Å². The SMILES string of the molecule is N#Cc1cccc(C2CC(O)C(=O)N2c2ccc(F)cc2)c1. The van der Waals surface area contributed by atoms with Gasteiger partial charge in [-0.25, -0.2) is 4.39 Å². The number of aliphatic hydroxyl groups excluding tert-OH is 1. The van der Waals surface area contributed by atoms with Crippen molar-refractivity contribution in [3.8, 4) is 6.07 Å². The number of hydrogen-bond acceptors (Lipinski definition) is 3. The lowest BCUT2D eigenvalue weighted by Gasteiger charge is -2.25. The van der Waals surface area contributed by atoms with Crippen molar-refractivity contribution in [1.29, 1.82) is 5.26 Å². The fourth-order valence-corrected chi connectivity index (χ4v) is 2.74. The average Bonchev–Trinajstić information content (AvgIpc) is 2.84. The van der Waals surface area contributed by atoms with E-state index >= 15 is 0 Å². The first-order chi connectivity index (χ1) is 10.6. The second-order valence-corrected chi connectivity index (χ2v) is 5.19. The quantitative estimate of drug-likeness (QED) is 0.926. The molecule has 0 radical (unpaired) electrons. The van der Waals surface area contributed by atoms with Gasteiger partial charge >= 0.3 is 0 Å². The Balaban J connectivity index is 2.03. The van der Waals surface area contributed by atoms with Gasteiger partial charge in [0.05, 0.1) is 17.7 Å². The molecule has 1 fully saturated rings. The number of carbonyl (C=O) groups excluding carboxylic acids is 1. The second kappa shape index (κ2) is 5.58. The van der Waals surface area contributed by atoms with Gasteiger partial charge in [-0.15, -0.1) is 0 Å². The number of nitriles is 1. The standard InChI is InChI=1S/C17H13FN2O2/c18-13-4-6-14(7-5-13)20-15(9-16(21)17(20)22)12-3-1-2-11(8-12)10-19/h1-8,15-16,21H,9H2. The number of amides is 1. The first-order valence-corrected chi connectivity index (χ1v) is 6.87. The van der Waals surface area contributed by atoms with Gasteiger partial charge in [-0.05, 0) is 42.0 Å². The third-order valence-electron chi connectivity index (χ3n) is 3.79. The molecule has 1 amide bonds. The van der Waals surface area contributed by atoms with Gasteiger partial charge in [0.15, 0.2) is 0 Å². The van der Waals surface area contributed by atoms with Crippen LogP contribution in [0.2, 0.25) is 0 Å². The van der Waals surface area contributed by atoms with Gasteiger partial charge in [-0.2, -0.15) is 5.26 Å². The van der Waals surface area contributed by atoms with Crippen LogP contribution in [0.1, 0.15) is 23.6 Å². The van der Waals surface area contributed by atoms with E-state index in [2.05, 4.69) is 6.07 Å². The van der Waals surface area contributed by atoms with Gasteiger partial charge in [-0.1, -0.05) is 12.1 Å². The second-order valence-electron chi connectivity index (χ2n) is 5.19. The van der Waals surface area contributed by atoms with Gasteiger partial charge in [0.25, 0.3) is 5.91 Å². The third kappa shape index (κ3) is 2.45. The molecule has 1 saturated heterocycles. The van der Waals surface area contributed by atoms with Gasteiger partial charge in [0.2, 0.25) is 0 Å². The minimum Gasteiger partial charge on any atom is -0.383 e. The van der Waals surface area contributed by atoms with Crippen LogP contribution in [0, 0.1) is 17.1 Å². The zero-order valence-corrected chi connectivity index (χ0v) is 11.6. The van der Waals surface area contributed by atoms with Crippen molar-refractivity contribution in [2.45, 2.75) is 18.6 Å². The minimum absolute atomic E-state index is 0.241. The van der Waals surface area contributed by atoms with E-state index in [1.165, 1.54) is 29.2 Å². The number of anilines is 1. The summed E-state index contributed by atoms with van der Waals surface area (Å²) in [5, 5.41) is 18.9. The van der Waals surface area contributed by atoms with Crippen molar-refractivity contribution in [2.75, 3.05) is 4.90 Å². The molecular weight excluding hydrogens is 283 g/mol. The zero-order chi connectivity index (χ0) is 15.7. The minimum atomic E-state index is -1.10. The number of halogens is 1. The fourth-order valence-electron chi connectivity index (χ4n) is 2.74. The Labute approximate surface area is 127 Å². The Kier molecular flexibility index (Phi) is 3.61. The molecule has 1 N–H and O–H groups in total. The molecule has 2 aromatic rings. The van der Waals surface area contributed by atoms with Crippen molar-refractivity contribution in [2.24, 2.45) is 0 Å². The molecule has 3 rings (SSSR count). The van der Waals surface area contributed by atoms with Crippen LogP contribution in [0.5, 0.6) is 0 Å². The molecule has 0 spiro atoms. The van der Waals surface area contributed by atoms with E-state index < -0.39 is 12.0 Å². The van der Waals surface area contributed by atoms with E-state index in [1.807, 2.05) is 6.07 Å². The summed E-state index contributed by atoms with van der Waals surface area (Å²) in [6, 6.07) is 14.2. The topological polar surface area (TPSA) is 64.3 Å². The van der Waals surface area contributed by atoms with Gasteiger partial charge in [-0.3, -0.25) is 4.79 Å². The first-order valence-electron chi connectivity index (χ1n) is 6.87. The predicted molar refractivity (Wildman–Crippen MR) is 78.4 cm³/mol. The normalized spacial score (nSPS) is 21.0. The Hall–Kier alpha value is -2.71. The molecule has 110 valence electrons. The van der Waals surface area contributed by atoms with Crippen LogP contribution in [0.25, 0.3) is 0 Å². The summed E-state index contributed by atoms with van der Waals surface area (Å²) in [5.74, 6) is -0.807. The van der Waals surface area contributed by atoms with Gasteiger partial charge in [0.1, 0.15) is 11.9 Å². The number of benzene rings is 2. The molecule has 5 heteroatoms. The number of aliphatic hydroxyl groups is 1. The van der Waals surface area contributed by atoms with E-state index in [1.54, 1.807) is 18.2 Å². The maximum atomic E-state index is 13.1. The lowest BCUT2D eigenvalue weighted by molar-refractivity contribution is -0.124. The summed E-state index contributed by atoms with van der Waals surface area (Å²) in [6.45, 7) is 0. The molecule has 0 aliphatic carbocycles. The Morgan fingerprint density at radius 1 is 1.23 bits per heavy atom. The molecule has 0 bridgehead atoms. The first kappa shape index (κ1) is 14.2. The Morgan fingerprint density at radius 2 is 1.95 bits per heavy atom. The summed E-state index contributed by atoms with van der Waals surface area (Å²) < 4.78 is 13.1. The van der Waals surface area contributed by atoms with Crippen molar-refractivity contribution in [3.05, 3.63) is 65.5 Å². The Bertz CT molecular complexity index is 752. The van der Waals surface area contributed by atoms with E-state index in [4.69, 9.17) is 5.26 Å². The van der Waals surface area contributed by atoms with Crippen LogP contribution < -0.4 is 4.90 Å². The molecule has 4 nitrogen and oxygen atoms in total. The van der Waals surface area contributed by atoms with E-state index in [0.29, 0.717) is 11.3 Å². The molecular formula is C17H13FN2O2. The van der Waals surface area contributed by atoms with Crippen molar-refractivity contribution < 1.29 is 14.3 Å².